The normalized spacial score (nSPS) is 16.2. The lowest BCUT2D eigenvalue weighted by Gasteiger charge is -2.23. The lowest BCUT2D eigenvalue weighted by atomic mass is 10.2. The van der Waals surface area contributed by atoms with Crippen molar-refractivity contribution >= 4 is 11.7 Å². The zero-order chi connectivity index (χ0) is 19.3. The largest absolute Gasteiger partial charge is 0.487 e. The summed E-state index contributed by atoms with van der Waals surface area (Å²) in [7, 11) is 0. The Morgan fingerprint density at radius 3 is 2.86 bits per heavy atom. The number of rotatable bonds is 5. The van der Waals surface area contributed by atoms with Crippen LogP contribution in [-0.2, 0) is 6.61 Å². The second-order valence-corrected chi connectivity index (χ2v) is 6.69. The SMILES string of the molecule is Cc1nc(C2CCCN2C(=O)Nc2ccc(OCc3ccccn3)cc2)n[nH]1. The average Bonchev–Trinajstić information content (AvgIpc) is 3.37. The van der Waals surface area contributed by atoms with Crippen LogP contribution in [-0.4, -0.2) is 37.6 Å². The van der Waals surface area contributed by atoms with E-state index in [2.05, 4.69) is 25.5 Å². The third-order valence-corrected chi connectivity index (χ3v) is 4.64. The van der Waals surface area contributed by atoms with Crippen molar-refractivity contribution in [3.63, 3.8) is 0 Å². The molecule has 8 heteroatoms. The van der Waals surface area contributed by atoms with Crippen LogP contribution in [0.1, 0.15) is 36.2 Å². The predicted molar refractivity (Wildman–Crippen MR) is 104 cm³/mol. The Kier molecular flexibility index (Phi) is 5.18. The van der Waals surface area contributed by atoms with Gasteiger partial charge in [0.25, 0.3) is 0 Å². The molecule has 0 spiro atoms. The Balaban J connectivity index is 1.35. The lowest BCUT2D eigenvalue weighted by molar-refractivity contribution is 0.205. The number of carbonyl (C=O) groups is 1. The summed E-state index contributed by atoms with van der Waals surface area (Å²) >= 11 is 0. The van der Waals surface area contributed by atoms with Crippen molar-refractivity contribution in [1.82, 2.24) is 25.1 Å². The van der Waals surface area contributed by atoms with E-state index in [1.54, 1.807) is 11.1 Å². The molecule has 4 rings (SSSR count). The third kappa shape index (κ3) is 4.11. The number of carbonyl (C=O) groups excluding carboxylic acids is 1. The number of H-pyrrole nitrogens is 1. The van der Waals surface area contributed by atoms with E-state index < -0.39 is 0 Å². The maximum atomic E-state index is 12.7. The Morgan fingerprint density at radius 2 is 2.14 bits per heavy atom. The van der Waals surface area contributed by atoms with Crippen molar-refractivity contribution in [3.05, 3.63) is 66.0 Å². The molecule has 2 aromatic heterocycles. The molecule has 1 aliphatic rings. The molecule has 2 N–H and O–H groups in total. The first kappa shape index (κ1) is 18.0. The number of anilines is 1. The number of aryl methyl sites for hydroxylation is 1. The number of benzene rings is 1. The van der Waals surface area contributed by atoms with Gasteiger partial charge >= 0.3 is 6.03 Å². The van der Waals surface area contributed by atoms with E-state index >= 15 is 0 Å². The maximum Gasteiger partial charge on any atom is 0.322 e. The number of pyridine rings is 1. The molecule has 3 aromatic rings. The number of ether oxygens (including phenoxy) is 1. The van der Waals surface area contributed by atoms with Crippen molar-refractivity contribution in [2.45, 2.75) is 32.4 Å². The molecule has 28 heavy (non-hydrogen) atoms. The van der Waals surface area contributed by atoms with Gasteiger partial charge in [-0.05, 0) is 56.2 Å². The average molecular weight is 378 g/mol. The number of urea groups is 1. The Labute approximate surface area is 163 Å². The van der Waals surface area contributed by atoms with Crippen LogP contribution >= 0.6 is 0 Å². The molecular formula is C20H22N6O2. The van der Waals surface area contributed by atoms with Crippen LogP contribution < -0.4 is 10.1 Å². The summed E-state index contributed by atoms with van der Waals surface area (Å²) in [6, 6.07) is 12.8. The Hall–Kier alpha value is -3.42. The minimum atomic E-state index is -0.146. The maximum absolute atomic E-state index is 12.7. The van der Waals surface area contributed by atoms with Gasteiger partial charge in [0.1, 0.15) is 18.2 Å². The molecule has 0 aliphatic carbocycles. The second-order valence-electron chi connectivity index (χ2n) is 6.69. The Morgan fingerprint density at radius 1 is 1.29 bits per heavy atom. The molecule has 8 nitrogen and oxygen atoms in total. The van der Waals surface area contributed by atoms with Crippen LogP contribution in [0.15, 0.2) is 48.7 Å². The van der Waals surface area contributed by atoms with E-state index in [4.69, 9.17) is 4.74 Å². The molecule has 1 saturated heterocycles. The van der Waals surface area contributed by atoms with Crippen LogP contribution in [0.4, 0.5) is 10.5 Å². The van der Waals surface area contributed by atoms with Crippen molar-refractivity contribution in [1.29, 1.82) is 0 Å². The van der Waals surface area contributed by atoms with Crippen molar-refractivity contribution in [2.24, 2.45) is 0 Å². The third-order valence-electron chi connectivity index (χ3n) is 4.64. The van der Waals surface area contributed by atoms with Gasteiger partial charge < -0.3 is 15.0 Å². The quantitative estimate of drug-likeness (QED) is 0.709. The fourth-order valence-electron chi connectivity index (χ4n) is 3.26. The molecular weight excluding hydrogens is 356 g/mol. The van der Waals surface area contributed by atoms with Crippen LogP contribution in [0.25, 0.3) is 0 Å². The summed E-state index contributed by atoms with van der Waals surface area (Å²) in [6.45, 7) is 2.95. The zero-order valence-corrected chi connectivity index (χ0v) is 15.6. The molecule has 1 aliphatic heterocycles. The number of nitrogens with zero attached hydrogens (tertiary/aromatic N) is 4. The molecule has 3 heterocycles. The first-order chi connectivity index (χ1) is 13.7. The second kappa shape index (κ2) is 8.08. The highest BCUT2D eigenvalue weighted by molar-refractivity contribution is 5.89. The van der Waals surface area contributed by atoms with Gasteiger partial charge in [-0.3, -0.25) is 10.1 Å². The topological polar surface area (TPSA) is 96.0 Å². The summed E-state index contributed by atoms with van der Waals surface area (Å²) in [5.74, 6) is 2.14. The van der Waals surface area contributed by atoms with E-state index in [-0.39, 0.29) is 12.1 Å². The number of hydrogen-bond acceptors (Lipinski definition) is 5. The molecule has 0 radical (unpaired) electrons. The Bertz CT molecular complexity index is 925. The van der Waals surface area contributed by atoms with E-state index in [9.17, 15) is 4.79 Å². The number of amides is 2. The van der Waals surface area contributed by atoms with Gasteiger partial charge in [0.15, 0.2) is 5.82 Å². The molecule has 2 amide bonds. The number of likely N-dealkylation sites (tertiary alicyclic amines) is 1. The highest BCUT2D eigenvalue weighted by Crippen LogP contribution is 2.30. The van der Waals surface area contributed by atoms with Gasteiger partial charge in [-0.1, -0.05) is 6.07 Å². The van der Waals surface area contributed by atoms with Crippen molar-refractivity contribution in [2.75, 3.05) is 11.9 Å². The summed E-state index contributed by atoms with van der Waals surface area (Å²) in [5.41, 5.74) is 1.58. The zero-order valence-electron chi connectivity index (χ0n) is 15.6. The van der Waals surface area contributed by atoms with Gasteiger partial charge in [-0.25, -0.2) is 9.78 Å². The summed E-state index contributed by atoms with van der Waals surface area (Å²) in [6.07, 6.45) is 3.54. The fraction of sp³-hybridized carbons (Fsp3) is 0.300. The molecule has 0 saturated carbocycles. The molecule has 144 valence electrons. The van der Waals surface area contributed by atoms with Gasteiger partial charge in [-0.15, -0.1) is 0 Å². The minimum Gasteiger partial charge on any atom is -0.487 e. The van der Waals surface area contributed by atoms with E-state index in [0.29, 0.717) is 24.7 Å². The number of aromatic nitrogens is 4. The molecule has 1 fully saturated rings. The van der Waals surface area contributed by atoms with Gasteiger partial charge in [-0.2, -0.15) is 5.10 Å². The smallest absolute Gasteiger partial charge is 0.322 e. The molecule has 1 aromatic carbocycles. The fourth-order valence-corrected chi connectivity index (χ4v) is 3.26. The summed E-state index contributed by atoms with van der Waals surface area (Å²) in [5, 5.41) is 10.0. The molecule has 1 unspecified atom stereocenters. The monoisotopic (exact) mass is 378 g/mol. The highest BCUT2D eigenvalue weighted by Gasteiger charge is 2.32. The molecule has 0 bridgehead atoms. The van der Waals surface area contributed by atoms with Gasteiger partial charge in [0.05, 0.1) is 11.7 Å². The van der Waals surface area contributed by atoms with E-state index in [0.717, 1.165) is 30.1 Å². The molecule has 1 atom stereocenters. The standard InChI is InChI=1S/C20H22N6O2/c1-14-22-19(25-24-14)18-6-4-12-26(18)20(27)23-15-7-9-17(10-8-15)28-13-16-5-2-3-11-21-16/h2-3,5,7-11,18H,4,6,12-13H2,1H3,(H,23,27)(H,22,24,25). The number of aromatic amines is 1. The van der Waals surface area contributed by atoms with Crippen LogP contribution in [0.2, 0.25) is 0 Å². The van der Waals surface area contributed by atoms with Crippen LogP contribution in [0.5, 0.6) is 5.75 Å². The van der Waals surface area contributed by atoms with Crippen molar-refractivity contribution < 1.29 is 9.53 Å². The number of hydrogen-bond donors (Lipinski definition) is 2. The van der Waals surface area contributed by atoms with Gasteiger partial charge in [0, 0.05) is 18.4 Å². The van der Waals surface area contributed by atoms with Gasteiger partial charge in [0.2, 0.25) is 0 Å². The first-order valence-electron chi connectivity index (χ1n) is 9.28. The summed E-state index contributed by atoms with van der Waals surface area (Å²) < 4.78 is 5.72. The van der Waals surface area contributed by atoms with Crippen LogP contribution in [0, 0.1) is 6.92 Å². The lowest BCUT2D eigenvalue weighted by Crippen LogP contribution is -2.34. The predicted octanol–water partition coefficient (Wildman–Crippen LogP) is 3.46. The first-order valence-corrected chi connectivity index (χ1v) is 9.28. The van der Waals surface area contributed by atoms with E-state index in [1.807, 2.05) is 49.4 Å². The minimum absolute atomic E-state index is 0.0917. The van der Waals surface area contributed by atoms with E-state index in [1.165, 1.54) is 0 Å². The highest BCUT2D eigenvalue weighted by atomic mass is 16.5. The van der Waals surface area contributed by atoms with Crippen LogP contribution in [0.3, 0.4) is 0 Å². The van der Waals surface area contributed by atoms with Crippen molar-refractivity contribution in [3.8, 4) is 5.75 Å². The summed E-state index contributed by atoms with van der Waals surface area (Å²) in [4.78, 5) is 23.1. The number of nitrogens with one attached hydrogen (secondary N) is 2.